The lowest BCUT2D eigenvalue weighted by molar-refractivity contribution is -0.130. The molecule has 5 heteroatoms. The fourth-order valence-corrected chi connectivity index (χ4v) is 1.16. The number of nitrogens with zero attached hydrogens (tertiary/aromatic N) is 1. The molecule has 5 nitrogen and oxygen atoms in total. The maximum absolute atomic E-state index is 11.6. The first-order valence-corrected chi connectivity index (χ1v) is 6.22. The Balaban J connectivity index is 3.57. The van der Waals surface area contributed by atoms with Gasteiger partial charge in [0.25, 0.3) is 0 Å². The van der Waals surface area contributed by atoms with Crippen LogP contribution in [-0.2, 0) is 9.59 Å². The Kier molecular flexibility index (Phi) is 8.40. The summed E-state index contributed by atoms with van der Waals surface area (Å²) in [6.45, 7) is 7.49. The second-order valence-corrected chi connectivity index (χ2v) is 4.38. The third-order valence-corrected chi connectivity index (χ3v) is 2.55. The number of rotatable bonds is 8. The minimum atomic E-state index is 0.0315. The van der Waals surface area contributed by atoms with Crippen molar-refractivity contribution in [2.24, 2.45) is 0 Å². The second kappa shape index (κ2) is 8.98. The van der Waals surface area contributed by atoms with Crippen molar-refractivity contribution in [1.29, 1.82) is 0 Å². The average molecular weight is 243 g/mol. The Morgan fingerprint density at radius 1 is 1.24 bits per heavy atom. The second-order valence-electron chi connectivity index (χ2n) is 4.38. The van der Waals surface area contributed by atoms with Gasteiger partial charge in [-0.15, -0.1) is 0 Å². The van der Waals surface area contributed by atoms with Crippen molar-refractivity contribution in [1.82, 2.24) is 15.5 Å². The minimum Gasteiger partial charge on any atom is -0.356 e. The third-order valence-electron chi connectivity index (χ3n) is 2.55. The molecule has 100 valence electrons. The van der Waals surface area contributed by atoms with Crippen LogP contribution in [0.25, 0.3) is 0 Å². The number of hydrogen-bond acceptors (Lipinski definition) is 3. The number of carbonyl (C=O) groups excluding carboxylic acids is 2. The summed E-state index contributed by atoms with van der Waals surface area (Å²) in [7, 11) is 1.78. The first-order chi connectivity index (χ1) is 7.99. The average Bonchev–Trinajstić information content (AvgIpc) is 2.30. The van der Waals surface area contributed by atoms with Gasteiger partial charge in [0.05, 0.1) is 6.54 Å². The molecule has 0 unspecified atom stereocenters. The molecular formula is C12H25N3O2. The standard InChI is InChI=1S/C12H25N3O2/c1-5-7-14-11(16)6-8-13-9-12(17)15(4)10(2)3/h10,13H,5-9H2,1-4H3,(H,14,16). The van der Waals surface area contributed by atoms with Crippen LogP contribution in [0.1, 0.15) is 33.6 Å². The van der Waals surface area contributed by atoms with Gasteiger partial charge >= 0.3 is 0 Å². The molecule has 0 aromatic heterocycles. The summed E-state index contributed by atoms with van der Waals surface area (Å²) >= 11 is 0. The summed E-state index contributed by atoms with van der Waals surface area (Å²) < 4.78 is 0. The van der Waals surface area contributed by atoms with E-state index in [4.69, 9.17) is 0 Å². The molecule has 0 heterocycles. The van der Waals surface area contributed by atoms with E-state index in [1.165, 1.54) is 0 Å². The predicted octanol–water partition coefficient (Wildman–Crippen LogP) is 0.359. The topological polar surface area (TPSA) is 61.4 Å². The van der Waals surface area contributed by atoms with Crippen LogP contribution in [0.5, 0.6) is 0 Å². The lowest BCUT2D eigenvalue weighted by atomic mass is 10.3. The van der Waals surface area contributed by atoms with Crippen LogP contribution in [0.2, 0.25) is 0 Å². The molecule has 0 bridgehead atoms. The summed E-state index contributed by atoms with van der Waals surface area (Å²) in [5.74, 6) is 0.0815. The van der Waals surface area contributed by atoms with E-state index >= 15 is 0 Å². The molecule has 0 aliphatic carbocycles. The van der Waals surface area contributed by atoms with Crippen molar-refractivity contribution in [2.75, 3.05) is 26.7 Å². The number of nitrogens with one attached hydrogen (secondary N) is 2. The highest BCUT2D eigenvalue weighted by molar-refractivity contribution is 5.78. The van der Waals surface area contributed by atoms with Gasteiger partial charge in [0.1, 0.15) is 0 Å². The zero-order chi connectivity index (χ0) is 13.3. The van der Waals surface area contributed by atoms with E-state index in [9.17, 15) is 9.59 Å². The molecule has 0 fully saturated rings. The van der Waals surface area contributed by atoms with Crippen LogP contribution in [-0.4, -0.2) is 49.4 Å². The van der Waals surface area contributed by atoms with Crippen LogP contribution >= 0.6 is 0 Å². The van der Waals surface area contributed by atoms with Crippen molar-refractivity contribution in [2.45, 2.75) is 39.7 Å². The van der Waals surface area contributed by atoms with Gasteiger partial charge in [-0.05, 0) is 20.3 Å². The molecule has 0 spiro atoms. The molecule has 0 aromatic carbocycles. The van der Waals surface area contributed by atoms with E-state index in [1.807, 2.05) is 20.8 Å². The summed E-state index contributed by atoms with van der Waals surface area (Å²) in [6, 6.07) is 0.206. The van der Waals surface area contributed by atoms with Crippen LogP contribution in [0.4, 0.5) is 0 Å². The molecule has 0 saturated heterocycles. The maximum atomic E-state index is 11.6. The van der Waals surface area contributed by atoms with Gasteiger partial charge in [-0.2, -0.15) is 0 Å². The summed E-state index contributed by atoms with van der Waals surface area (Å²) in [4.78, 5) is 24.5. The van der Waals surface area contributed by atoms with Gasteiger partial charge < -0.3 is 15.5 Å². The van der Waals surface area contributed by atoms with Gasteiger partial charge in [-0.25, -0.2) is 0 Å². The number of likely N-dealkylation sites (N-methyl/N-ethyl adjacent to an activating group) is 1. The highest BCUT2D eigenvalue weighted by Crippen LogP contribution is 1.93. The molecule has 0 saturated carbocycles. The Morgan fingerprint density at radius 3 is 2.41 bits per heavy atom. The van der Waals surface area contributed by atoms with Crippen LogP contribution < -0.4 is 10.6 Å². The highest BCUT2D eigenvalue weighted by Gasteiger charge is 2.10. The van der Waals surface area contributed by atoms with Gasteiger partial charge in [0.2, 0.25) is 11.8 Å². The summed E-state index contributed by atoms with van der Waals surface area (Å²) in [5, 5.41) is 5.76. The minimum absolute atomic E-state index is 0.0315. The molecule has 0 aliphatic heterocycles. The molecule has 0 atom stereocenters. The maximum Gasteiger partial charge on any atom is 0.236 e. The van der Waals surface area contributed by atoms with E-state index in [2.05, 4.69) is 10.6 Å². The van der Waals surface area contributed by atoms with E-state index in [0.717, 1.165) is 6.42 Å². The van der Waals surface area contributed by atoms with E-state index in [0.29, 0.717) is 19.5 Å². The molecule has 17 heavy (non-hydrogen) atoms. The fourth-order valence-electron chi connectivity index (χ4n) is 1.16. The molecule has 0 aliphatic rings. The number of amides is 2. The normalized spacial score (nSPS) is 10.4. The quantitative estimate of drug-likeness (QED) is 0.605. The van der Waals surface area contributed by atoms with Crippen molar-refractivity contribution in [3.63, 3.8) is 0 Å². The zero-order valence-corrected chi connectivity index (χ0v) is 11.4. The van der Waals surface area contributed by atoms with Crippen LogP contribution in [0.15, 0.2) is 0 Å². The lowest BCUT2D eigenvalue weighted by Gasteiger charge is -2.21. The largest absolute Gasteiger partial charge is 0.356 e. The first kappa shape index (κ1) is 15.9. The lowest BCUT2D eigenvalue weighted by Crippen LogP contribution is -2.40. The number of carbonyl (C=O) groups is 2. The monoisotopic (exact) mass is 243 g/mol. The van der Waals surface area contributed by atoms with Crippen molar-refractivity contribution < 1.29 is 9.59 Å². The summed E-state index contributed by atoms with van der Waals surface area (Å²) in [6.07, 6.45) is 1.36. The molecule has 0 aromatic rings. The highest BCUT2D eigenvalue weighted by atomic mass is 16.2. The third kappa shape index (κ3) is 7.74. The van der Waals surface area contributed by atoms with Gasteiger partial charge in [-0.3, -0.25) is 9.59 Å². The summed E-state index contributed by atoms with van der Waals surface area (Å²) in [5.41, 5.74) is 0. The first-order valence-electron chi connectivity index (χ1n) is 6.22. The fraction of sp³-hybridized carbons (Fsp3) is 0.833. The Labute approximate surface area is 104 Å². The number of hydrogen-bond donors (Lipinski definition) is 2. The Morgan fingerprint density at radius 2 is 1.88 bits per heavy atom. The van der Waals surface area contributed by atoms with E-state index in [-0.39, 0.29) is 24.4 Å². The molecule has 0 radical (unpaired) electrons. The van der Waals surface area contributed by atoms with Crippen LogP contribution in [0, 0.1) is 0 Å². The molecule has 0 rings (SSSR count). The SMILES string of the molecule is CCCNC(=O)CCNCC(=O)N(C)C(C)C. The Hall–Kier alpha value is -1.10. The predicted molar refractivity (Wildman–Crippen MR) is 68.7 cm³/mol. The van der Waals surface area contributed by atoms with E-state index < -0.39 is 0 Å². The Bertz CT molecular complexity index is 242. The molecule has 2 amide bonds. The van der Waals surface area contributed by atoms with Crippen molar-refractivity contribution >= 4 is 11.8 Å². The van der Waals surface area contributed by atoms with Crippen molar-refractivity contribution in [3.05, 3.63) is 0 Å². The van der Waals surface area contributed by atoms with Crippen molar-refractivity contribution in [3.8, 4) is 0 Å². The zero-order valence-electron chi connectivity index (χ0n) is 11.4. The van der Waals surface area contributed by atoms with Gasteiger partial charge in [0.15, 0.2) is 0 Å². The van der Waals surface area contributed by atoms with Crippen LogP contribution in [0.3, 0.4) is 0 Å². The smallest absolute Gasteiger partial charge is 0.236 e. The van der Waals surface area contributed by atoms with E-state index in [1.54, 1.807) is 11.9 Å². The molecule has 2 N–H and O–H groups in total. The van der Waals surface area contributed by atoms with Gasteiger partial charge in [-0.1, -0.05) is 6.92 Å². The van der Waals surface area contributed by atoms with Gasteiger partial charge in [0, 0.05) is 32.6 Å². The molecular weight excluding hydrogens is 218 g/mol.